The summed E-state index contributed by atoms with van der Waals surface area (Å²) in [5.41, 5.74) is 2.42. The Balaban J connectivity index is 2.16. The summed E-state index contributed by atoms with van der Waals surface area (Å²) in [5, 5.41) is 11.2. The number of hydrogen-bond donors (Lipinski definition) is 1. The topological polar surface area (TPSA) is 68.5 Å². The Morgan fingerprint density at radius 2 is 1.86 bits per heavy atom. The van der Waals surface area contributed by atoms with Crippen molar-refractivity contribution < 1.29 is 19.4 Å². The van der Waals surface area contributed by atoms with Crippen molar-refractivity contribution in [2.75, 3.05) is 6.61 Å². The average Bonchev–Trinajstić information content (AvgIpc) is 2.96. The van der Waals surface area contributed by atoms with Crippen LogP contribution >= 0.6 is 11.6 Å². The Hall–Kier alpha value is -2.79. The molecule has 1 atom stereocenters. The molecular formula is C22H22ClNO4. The van der Waals surface area contributed by atoms with Gasteiger partial charge in [0.15, 0.2) is 0 Å². The predicted molar refractivity (Wildman–Crippen MR) is 109 cm³/mol. The van der Waals surface area contributed by atoms with Crippen LogP contribution in [0, 0.1) is 6.92 Å². The van der Waals surface area contributed by atoms with E-state index in [9.17, 15) is 14.7 Å². The van der Waals surface area contributed by atoms with Crippen molar-refractivity contribution in [3.63, 3.8) is 0 Å². The number of nitrogens with zero attached hydrogens (tertiary/aromatic N) is 1. The molecule has 0 bridgehead atoms. The first-order chi connectivity index (χ1) is 13.3. The molecule has 6 heteroatoms. The summed E-state index contributed by atoms with van der Waals surface area (Å²) < 4.78 is 6.87. The van der Waals surface area contributed by atoms with Gasteiger partial charge in [-0.25, -0.2) is 0 Å². The highest BCUT2D eigenvalue weighted by Gasteiger charge is 2.27. The molecule has 0 amide bonds. The molecule has 0 saturated heterocycles. The van der Waals surface area contributed by atoms with Gasteiger partial charge < -0.3 is 9.84 Å². The maximum atomic E-state index is 13.2. The molecule has 1 heterocycles. The van der Waals surface area contributed by atoms with Gasteiger partial charge in [-0.15, -0.1) is 0 Å². The van der Waals surface area contributed by atoms with Crippen molar-refractivity contribution in [1.29, 1.82) is 0 Å². The number of esters is 1. The van der Waals surface area contributed by atoms with Crippen molar-refractivity contribution >= 4 is 34.4 Å². The van der Waals surface area contributed by atoms with Gasteiger partial charge in [0.05, 0.1) is 18.0 Å². The van der Waals surface area contributed by atoms with Crippen LogP contribution in [-0.2, 0) is 9.53 Å². The van der Waals surface area contributed by atoms with E-state index in [0.29, 0.717) is 39.4 Å². The summed E-state index contributed by atoms with van der Waals surface area (Å²) >= 11 is 5.93. The van der Waals surface area contributed by atoms with Gasteiger partial charge in [0.1, 0.15) is 5.75 Å². The summed E-state index contributed by atoms with van der Waals surface area (Å²) in [5.74, 6) is -1.09. The van der Waals surface area contributed by atoms with Crippen molar-refractivity contribution in [3.8, 4) is 5.75 Å². The van der Waals surface area contributed by atoms with Crippen molar-refractivity contribution in [2.45, 2.75) is 33.1 Å². The molecule has 1 N–H and O–H groups in total. The zero-order chi connectivity index (χ0) is 20.4. The molecule has 0 aliphatic rings. The first-order valence-electron chi connectivity index (χ1n) is 9.16. The summed E-state index contributed by atoms with van der Waals surface area (Å²) in [4.78, 5) is 25.7. The predicted octanol–water partition coefficient (Wildman–Crippen LogP) is 5.05. The van der Waals surface area contributed by atoms with Gasteiger partial charge >= 0.3 is 5.97 Å². The number of benzene rings is 2. The van der Waals surface area contributed by atoms with Crippen LogP contribution in [0.1, 0.15) is 47.8 Å². The van der Waals surface area contributed by atoms with E-state index < -0.39 is 5.92 Å². The average molecular weight is 400 g/mol. The lowest BCUT2D eigenvalue weighted by molar-refractivity contribution is -0.145. The van der Waals surface area contributed by atoms with Crippen LogP contribution in [0.2, 0.25) is 5.02 Å². The lowest BCUT2D eigenvalue weighted by Crippen LogP contribution is -2.17. The Morgan fingerprint density at radius 3 is 2.50 bits per heavy atom. The Kier molecular flexibility index (Phi) is 5.75. The van der Waals surface area contributed by atoms with E-state index in [2.05, 4.69) is 0 Å². The second-order valence-corrected chi connectivity index (χ2v) is 7.17. The third-order valence-corrected chi connectivity index (χ3v) is 5.02. The van der Waals surface area contributed by atoms with Crippen molar-refractivity contribution in [3.05, 3.63) is 64.3 Å². The van der Waals surface area contributed by atoms with Crippen molar-refractivity contribution in [2.24, 2.45) is 0 Å². The molecule has 0 fully saturated rings. The third kappa shape index (κ3) is 3.62. The van der Waals surface area contributed by atoms with Crippen LogP contribution in [0.4, 0.5) is 0 Å². The zero-order valence-electron chi connectivity index (χ0n) is 16.0. The molecule has 0 aliphatic carbocycles. The SMILES string of the molecule is CCCOC(=O)C(C)c1c(C)n(C(=O)c2ccc(Cl)cc2)c2ccc(O)cc12. The number of fused-ring (bicyclic) bond motifs is 1. The highest BCUT2D eigenvalue weighted by atomic mass is 35.5. The molecular weight excluding hydrogens is 378 g/mol. The molecule has 3 rings (SSSR count). The minimum Gasteiger partial charge on any atom is -0.508 e. The summed E-state index contributed by atoms with van der Waals surface area (Å²) in [6, 6.07) is 11.4. The number of carbonyl (C=O) groups excluding carboxylic acids is 2. The molecule has 2 aromatic carbocycles. The van der Waals surface area contributed by atoms with Crippen molar-refractivity contribution in [1.82, 2.24) is 4.57 Å². The maximum absolute atomic E-state index is 13.2. The van der Waals surface area contributed by atoms with Gasteiger partial charge in [0, 0.05) is 21.7 Å². The molecule has 0 saturated carbocycles. The minimum absolute atomic E-state index is 0.0685. The minimum atomic E-state index is -0.574. The lowest BCUT2D eigenvalue weighted by Gasteiger charge is -2.13. The number of rotatable bonds is 5. The molecule has 0 aliphatic heterocycles. The smallest absolute Gasteiger partial charge is 0.313 e. The van der Waals surface area contributed by atoms with Gasteiger partial charge in [-0.05, 0) is 68.3 Å². The molecule has 5 nitrogen and oxygen atoms in total. The van der Waals surface area contributed by atoms with Crippen LogP contribution in [-0.4, -0.2) is 28.2 Å². The van der Waals surface area contributed by atoms with E-state index in [4.69, 9.17) is 16.3 Å². The van der Waals surface area contributed by atoms with Crippen LogP contribution in [0.25, 0.3) is 10.9 Å². The fourth-order valence-corrected chi connectivity index (χ4v) is 3.53. The molecule has 146 valence electrons. The summed E-state index contributed by atoms with van der Waals surface area (Å²) in [6.07, 6.45) is 0.731. The number of phenolic OH excluding ortho intramolecular Hbond substituents is 1. The van der Waals surface area contributed by atoms with E-state index in [1.54, 1.807) is 54.8 Å². The molecule has 0 radical (unpaired) electrons. The van der Waals surface area contributed by atoms with Gasteiger partial charge in [-0.3, -0.25) is 14.2 Å². The van der Waals surface area contributed by atoms with Crippen LogP contribution in [0.15, 0.2) is 42.5 Å². The number of carbonyl (C=O) groups is 2. The zero-order valence-corrected chi connectivity index (χ0v) is 16.8. The highest BCUT2D eigenvalue weighted by molar-refractivity contribution is 6.30. The molecule has 1 unspecified atom stereocenters. The number of ether oxygens (including phenoxy) is 1. The molecule has 0 spiro atoms. The standard InChI is InChI=1S/C22H22ClNO4/c1-4-11-28-22(27)13(2)20-14(3)24(19-10-9-17(25)12-18(19)20)21(26)15-5-7-16(23)8-6-15/h5-10,12-13,25H,4,11H2,1-3H3. The first kappa shape index (κ1) is 20.0. The quantitative estimate of drug-likeness (QED) is 0.609. The van der Waals surface area contributed by atoms with E-state index in [1.165, 1.54) is 6.07 Å². The number of hydrogen-bond acceptors (Lipinski definition) is 4. The number of phenols is 1. The van der Waals surface area contributed by atoms with Crippen LogP contribution < -0.4 is 0 Å². The number of aromatic nitrogens is 1. The van der Waals surface area contributed by atoms with Gasteiger partial charge in [0.25, 0.3) is 5.91 Å². The second kappa shape index (κ2) is 8.07. The third-order valence-electron chi connectivity index (χ3n) is 4.77. The van der Waals surface area contributed by atoms with E-state index in [-0.39, 0.29) is 17.6 Å². The molecule has 28 heavy (non-hydrogen) atoms. The van der Waals surface area contributed by atoms with E-state index in [1.807, 2.05) is 6.92 Å². The number of aromatic hydroxyl groups is 1. The first-order valence-corrected chi connectivity index (χ1v) is 9.53. The van der Waals surface area contributed by atoms with Crippen LogP contribution in [0.5, 0.6) is 5.75 Å². The second-order valence-electron chi connectivity index (χ2n) is 6.74. The normalized spacial score (nSPS) is 12.1. The number of halogens is 1. The lowest BCUT2D eigenvalue weighted by atomic mass is 9.98. The van der Waals surface area contributed by atoms with Gasteiger partial charge in [0.2, 0.25) is 0 Å². The Bertz CT molecular complexity index is 1040. The molecule has 3 aromatic rings. The van der Waals surface area contributed by atoms with Crippen LogP contribution in [0.3, 0.4) is 0 Å². The van der Waals surface area contributed by atoms with E-state index in [0.717, 1.165) is 6.42 Å². The van der Waals surface area contributed by atoms with Gasteiger partial charge in [-0.2, -0.15) is 0 Å². The Labute approximate surface area is 168 Å². The molecule has 1 aromatic heterocycles. The van der Waals surface area contributed by atoms with E-state index >= 15 is 0 Å². The van der Waals surface area contributed by atoms with Gasteiger partial charge in [-0.1, -0.05) is 18.5 Å². The fourth-order valence-electron chi connectivity index (χ4n) is 3.41. The maximum Gasteiger partial charge on any atom is 0.313 e. The largest absolute Gasteiger partial charge is 0.508 e. The highest BCUT2D eigenvalue weighted by Crippen LogP contribution is 2.35. The monoisotopic (exact) mass is 399 g/mol. The fraction of sp³-hybridized carbons (Fsp3) is 0.273. The Morgan fingerprint density at radius 1 is 1.18 bits per heavy atom. The summed E-state index contributed by atoms with van der Waals surface area (Å²) in [7, 11) is 0. The summed E-state index contributed by atoms with van der Waals surface area (Å²) in [6.45, 7) is 5.82.